The van der Waals surface area contributed by atoms with Crippen LogP contribution in [-0.4, -0.2) is 25.6 Å². The van der Waals surface area contributed by atoms with Crippen molar-refractivity contribution in [3.8, 4) is 0 Å². The van der Waals surface area contributed by atoms with Gasteiger partial charge < -0.3 is 9.29 Å². The molecule has 0 aliphatic carbocycles. The largest absolute Gasteiger partial charge is 0.382 e. The van der Waals surface area contributed by atoms with Crippen molar-refractivity contribution in [3.05, 3.63) is 35.9 Å². The molecule has 0 bridgehead atoms. The number of rotatable bonds is 4. The van der Waals surface area contributed by atoms with Crippen LogP contribution >= 0.6 is 0 Å². The number of benzene rings is 1. The Morgan fingerprint density at radius 2 is 1.94 bits per heavy atom. The van der Waals surface area contributed by atoms with E-state index in [2.05, 4.69) is 4.18 Å². The standard InChI is InChI=1S/C10H12O5S/c1-8(11)10(12)15-16(13,14)7-9-5-3-2-4-6-9/h2-6,8,11H,7H2,1H3. The van der Waals surface area contributed by atoms with Crippen LogP contribution in [0.3, 0.4) is 0 Å². The van der Waals surface area contributed by atoms with Gasteiger partial charge in [-0.15, -0.1) is 0 Å². The molecule has 0 aromatic heterocycles. The number of carbonyl (C=O) groups excluding carboxylic acids is 1. The van der Waals surface area contributed by atoms with Gasteiger partial charge in [0.05, 0.1) is 0 Å². The number of aliphatic hydroxyl groups is 1. The van der Waals surface area contributed by atoms with E-state index in [-0.39, 0.29) is 0 Å². The fourth-order valence-corrected chi connectivity index (χ4v) is 2.05. The first kappa shape index (κ1) is 12.7. The van der Waals surface area contributed by atoms with Crippen LogP contribution in [0.15, 0.2) is 30.3 Å². The summed E-state index contributed by atoms with van der Waals surface area (Å²) < 4.78 is 26.9. The van der Waals surface area contributed by atoms with Crippen molar-refractivity contribution in [3.63, 3.8) is 0 Å². The van der Waals surface area contributed by atoms with Crippen LogP contribution in [0.2, 0.25) is 0 Å². The number of hydrogen-bond acceptors (Lipinski definition) is 5. The smallest absolute Gasteiger partial charge is 0.350 e. The topological polar surface area (TPSA) is 80.7 Å². The average molecular weight is 244 g/mol. The third-order valence-electron chi connectivity index (χ3n) is 1.74. The van der Waals surface area contributed by atoms with E-state index in [1.165, 1.54) is 0 Å². The van der Waals surface area contributed by atoms with Gasteiger partial charge in [-0.2, -0.15) is 8.42 Å². The minimum atomic E-state index is -3.99. The highest BCUT2D eigenvalue weighted by molar-refractivity contribution is 7.86. The van der Waals surface area contributed by atoms with Crippen molar-refractivity contribution in [1.29, 1.82) is 0 Å². The molecule has 1 rings (SSSR count). The van der Waals surface area contributed by atoms with E-state index in [4.69, 9.17) is 5.11 Å². The maximum absolute atomic E-state index is 11.4. The molecule has 0 amide bonds. The van der Waals surface area contributed by atoms with Crippen LogP contribution in [0.4, 0.5) is 0 Å². The molecule has 1 N–H and O–H groups in total. The minimum Gasteiger partial charge on any atom is -0.382 e. The monoisotopic (exact) mass is 244 g/mol. The molecule has 1 aromatic rings. The van der Waals surface area contributed by atoms with E-state index in [0.717, 1.165) is 6.92 Å². The highest BCUT2D eigenvalue weighted by Gasteiger charge is 2.20. The van der Waals surface area contributed by atoms with Crippen LogP contribution in [0.25, 0.3) is 0 Å². The molecular weight excluding hydrogens is 232 g/mol. The van der Waals surface area contributed by atoms with E-state index >= 15 is 0 Å². The Morgan fingerprint density at radius 1 is 1.38 bits per heavy atom. The second kappa shape index (κ2) is 5.09. The molecule has 0 saturated heterocycles. The molecule has 0 fully saturated rings. The van der Waals surface area contributed by atoms with E-state index in [1.807, 2.05) is 0 Å². The van der Waals surface area contributed by atoms with Gasteiger partial charge in [-0.1, -0.05) is 30.3 Å². The van der Waals surface area contributed by atoms with Crippen LogP contribution < -0.4 is 0 Å². The zero-order valence-corrected chi connectivity index (χ0v) is 9.48. The fourth-order valence-electron chi connectivity index (χ4n) is 1.00. The van der Waals surface area contributed by atoms with E-state index in [0.29, 0.717) is 5.56 Å². The number of aliphatic hydroxyl groups excluding tert-OH is 1. The maximum Gasteiger partial charge on any atom is 0.350 e. The van der Waals surface area contributed by atoms with Crippen molar-refractivity contribution >= 4 is 16.1 Å². The summed E-state index contributed by atoms with van der Waals surface area (Å²) >= 11 is 0. The normalized spacial score (nSPS) is 13.1. The van der Waals surface area contributed by atoms with Crippen LogP contribution in [0, 0.1) is 0 Å². The van der Waals surface area contributed by atoms with Gasteiger partial charge in [0.2, 0.25) is 0 Å². The number of carbonyl (C=O) groups is 1. The molecule has 0 saturated carbocycles. The first-order valence-electron chi connectivity index (χ1n) is 4.59. The molecule has 1 unspecified atom stereocenters. The first-order valence-corrected chi connectivity index (χ1v) is 6.16. The predicted octanol–water partition coefficient (Wildman–Crippen LogP) is 0.440. The summed E-state index contributed by atoms with van der Waals surface area (Å²) in [4.78, 5) is 10.9. The Kier molecular flexibility index (Phi) is 4.03. The van der Waals surface area contributed by atoms with Gasteiger partial charge in [0, 0.05) is 0 Å². The number of hydrogen-bond donors (Lipinski definition) is 1. The van der Waals surface area contributed by atoms with Crippen LogP contribution in [0.5, 0.6) is 0 Å². The Labute approximate surface area is 93.8 Å². The highest BCUT2D eigenvalue weighted by Crippen LogP contribution is 2.08. The molecule has 0 spiro atoms. The van der Waals surface area contributed by atoms with Crippen molar-refractivity contribution in [1.82, 2.24) is 0 Å². The lowest BCUT2D eigenvalue weighted by atomic mass is 10.2. The molecule has 1 atom stereocenters. The molecule has 0 aliphatic heterocycles. The summed E-state index contributed by atoms with van der Waals surface area (Å²) in [6, 6.07) is 8.32. The second-order valence-electron chi connectivity index (χ2n) is 3.27. The lowest BCUT2D eigenvalue weighted by molar-refractivity contribution is -0.142. The molecule has 0 aliphatic rings. The van der Waals surface area contributed by atoms with Gasteiger partial charge in [0.25, 0.3) is 0 Å². The molecule has 5 nitrogen and oxygen atoms in total. The minimum absolute atomic E-state index is 0.397. The zero-order valence-electron chi connectivity index (χ0n) is 8.66. The Bertz CT molecular complexity index is 449. The average Bonchev–Trinajstić information content (AvgIpc) is 2.17. The third kappa shape index (κ3) is 4.00. The van der Waals surface area contributed by atoms with Gasteiger partial charge in [-0.3, -0.25) is 0 Å². The third-order valence-corrected chi connectivity index (χ3v) is 2.84. The van der Waals surface area contributed by atoms with Gasteiger partial charge in [0.15, 0.2) is 0 Å². The van der Waals surface area contributed by atoms with Gasteiger partial charge in [-0.25, -0.2) is 4.79 Å². The van der Waals surface area contributed by atoms with Crippen molar-refractivity contribution in [2.45, 2.75) is 18.8 Å². The van der Waals surface area contributed by atoms with Gasteiger partial charge in [-0.05, 0) is 12.5 Å². The zero-order chi connectivity index (χ0) is 12.2. The molecule has 16 heavy (non-hydrogen) atoms. The van der Waals surface area contributed by atoms with Crippen molar-refractivity contribution < 1.29 is 22.5 Å². The van der Waals surface area contributed by atoms with Gasteiger partial charge >= 0.3 is 16.1 Å². The molecule has 6 heteroatoms. The highest BCUT2D eigenvalue weighted by atomic mass is 32.2. The maximum atomic E-state index is 11.4. The molecule has 0 heterocycles. The molecule has 1 aromatic carbocycles. The summed E-state index contributed by atoms with van der Waals surface area (Å²) in [5, 5.41) is 8.81. The van der Waals surface area contributed by atoms with E-state index in [9.17, 15) is 13.2 Å². The van der Waals surface area contributed by atoms with E-state index < -0.39 is 27.9 Å². The van der Waals surface area contributed by atoms with E-state index in [1.54, 1.807) is 30.3 Å². The fraction of sp³-hybridized carbons (Fsp3) is 0.300. The molecule has 0 radical (unpaired) electrons. The summed E-state index contributed by atoms with van der Waals surface area (Å²) in [7, 11) is -3.99. The van der Waals surface area contributed by atoms with Crippen LogP contribution in [0.1, 0.15) is 12.5 Å². The summed E-state index contributed by atoms with van der Waals surface area (Å²) in [6.45, 7) is 1.14. The van der Waals surface area contributed by atoms with Crippen LogP contribution in [-0.2, 0) is 24.8 Å². The summed E-state index contributed by atoms with van der Waals surface area (Å²) in [5.41, 5.74) is 0.515. The quantitative estimate of drug-likeness (QED) is 0.777. The predicted molar refractivity (Wildman–Crippen MR) is 56.8 cm³/mol. The first-order chi connectivity index (χ1) is 7.41. The Morgan fingerprint density at radius 3 is 2.44 bits per heavy atom. The summed E-state index contributed by atoms with van der Waals surface area (Å²) in [5.74, 6) is -1.57. The lowest BCUT2D eigenvalue weighted by Crippen LogP contribution is -2.23. The lowest BCUT2D eigenvalue weighted by Gasteiger charge is -2.06. The Balaban J connectivity index is 2.70. The van der Waals surface area contributed by atoms with Crippen molar-refractivity contribution in [2.75, 3.05) is 0 Å². The SMILES string of the molecule is CC(O)C(=O)OS(=O)(=O)Cc1ccccc1. The Hall–Kier alpha value is -1.40. The molecular formula is C10H12O5S. The molecule has 88 valence electrons. The van der Waals surface area contributed by atoms with Gasteiger partial charge in [0.1, 0.15) is 11.9 Å². The second-order valence-corrected chi connectivity index (χ2v) is 4.84. The van der Waals surface area contributed by atoms with Crippen molar-refractivity contribution in [2.24, 2.45) is 0 Å². The summed E-state index contributed by atoms with van der Waals surface area (Å²) in [6.07, 6.45) is -1.45.